The molecule has 0 radical (unpaired) electrons. The number of nitrogen functional groups attached to an aromatic ring is 1. The van der Waals surface area contributed by atoms with E-state index >= 15 is 0 Å². The van der Waals surface area contributed by atoms with Crippen molar-refractivity contribution in [3.8, 4) is 0 Å². The van der Waals surface area contributed by atoms with Gasteiger partial charge in [0.1, 0.15) is 0 Å². The summed E-state index contributed by atoms with van der Waals surface area (Å²) < 4.78 is 0. The van der Waals surface area contributed by atoms with E-state index in [0.29, 0.717) is 5.41 Å². The lowest BCUT2D eigenvalue weighted by atomic mass is 9.82. The highest BCUT2D eigenvalue weighted by Gasteiger charge is 2.35. The van der Waals surface area contributed by atoms with Crippen molar-refractivity contribution in [1.29, 1.82) is 0 Å². The van der Waals surface area contributed by atoms with E-state index in [2.05, 4.69) is 18.7 Å². The molecule has 0 spiro atoms. The first-order valence-corrected chi connectivity index (χ1v) is 7.34. The summed E-state index contributed by atoms with van der Waals surface area (Å²) >= 11 is 0. The van der Waals surface area contributed by atoms with E-state index in [1.807, 2.05) is 24.3 Å². The van der Waals surface area contributed by atoms with Crippen molar-refractivity contribution in [2.24, 2.45) is 5.41 Å². The van der Waals surface area contributed by atoms with Crippen molar-refractivity contribution in [2.75, 3.05) is 25.4 Å². The van der Waals surface area contributed by atoms with Crippen LogP contribution in [0.25, 0.3) is 0 Å². The fourth-order valence-electron chi connectivity index (χ4n) is 3.08. The quantitative estimate of drug-likeness (QED) is 0.802. The van der Waals surface area contributed by atoms with Gasteiger partial charge in [-0.25, -0.2) is 0 Å². The largest absolute Gasteiger partial charge is 0.399 e. The van der Waals surface area contributed by atoms with Crippen molar-refractivity contribution in [3.05, 3.63) is 29.8 Å². The predicted molar refractivity (Wildman–Crippen MR) is 79.9 cm³/mol. The molecule has 1 aromatic rings. The summed E-state index contributed by atoms with van der Waals surface area (Å²) in [7, 11) is 0. The van der Waals surface area contributed by atoms with Crippen LogP contribution in [-0.2, 0) is 0 Å². The number of rotatable bonds is 5. The molecule has 3 nitrogen and oxygen atoms in total. The average molecular weight is 262 g/mol. The molecule has 106 valence electrons. The first-order chi connectivity index (χ1) is 9.08. The fraction of sp³-hybridized carbons (Fsp3) is 0.625. The van der Waals surface area contributed by atoms with Gasteiger partial charge in [-0.15, -0.1) is 0 Å². The Morgan fingerprint density at radius 3 is 2.42 bits per heavy atom. The monoisotopic (exact) mass is 262 g/mol. The number of aliphatic hydroxyl groups excluding tert-OH is 1. The fourth-order valence-corrected chi connectivity index (χ4v) is 3.08. The third kappa shape index (κ3) is 3.28. The van der Waals surface area contributed by atoms with Gasteiger partial charge < -0.3 is 10.8 Å². The maximum Gasteiger partial charge on any atom is 0.0916 e. The van der Waals surface area contributed by atoms with Crippen molar-refractivity contribution in [2.45, 2.75) is 39.2 Å². The lowest BCUT2D eigenvalue weighted by Crippen LogP contribution is -2.30. The van der Waals surface area contributed by atoms with Gasteiger partial charge in [0.05, 0.1) is 6.10 Å². The number of benzene rings is 1. The molecule has 3 heteroatoms. The van der Waals surface area contributed by atoms with Crippen LogP contribution in [0.15, 0.2) is 24.3 Å². The van der Waals surface area contributed by atoms with Gasteiger partial charge >= 0.3 is 0 Å². The van der Waals surface area contributed by atoms with E-state index in [9.17, 15) is 5.11 Å². The summed E-state index contributed by atoms with van der Waals surface area (Å²) in [4.78, 5) is 2.40. The topological polar surface area (TPSA) is 49.5 Å². The Bertz CT molecular complexity index is 398. The summed E-state index contributed by atoms with van der Waals surface area (Å²) in [6, 6.07) is 7.54. The van der Waals surface area contributed by atoms with Crippen LogP contribution in [0.5, 0.6) is 0 Å². The molecule has 2 rings (SSSR count). The zero-order chi connectivity index (χ0) is 13.9. The van der Waals surface area contributed by atoms with Gasteiger partial charge in [0.25, 0.3) is 0 Å². The molecule has 1 aromatic carbocycles. The van der Waals surface area contributed by atoms with Crippen molar-refractivity contribution >= 4 is 5.69 Å². The first-order valence-electron chi connectivity index (χ1n) is 7.34. The zero-order valence-electron chi connectivity index (χ0n) is 12.1. The zero-order valence-corrected chi connectivity index (χ0v) is 12.1. The standard InChI is InChI=1S/C16H26N2O/c1-3-16(4-2)9-10-18(12-16)11-15(19)13-5-7-14(17)8-6-13/h5-8,15,19H,3-4,9-12,17H2,1-2H3. The number of nitrogens with two attached hydrogens (primary N) is 1. The van der Waals surface area contributed by atoms with E-state index in [4.69, 9.17) is 5.73 Å². The molecule has 0 amide bonds. The molecule has 3 N–H and O–H groups in total. The molecule has 19 heavy (non-hydrogen) atoms. The van der Waals surface area contributed by atoms with Crippen LogP contribution >= 0.6 is 0 Å². The second-order valence-electron chi connectivity index (χ2n) is 5.87. The molecule has 1 aliphatic rings. The van der Waals surface area contributed by atoms with Crippen molar-refractivity contribution < 1.29 is 5.11 Å². The summed E-state index contributed by atoms with van der Waals surface area (Å²) in [5.41, 5.74) is 7.84. The third-order valence-corrected chi connectivity index (χ3v) is 4.77. The van der Waals surface area contributed by atoms with Crippen LogP contribution in [0.1, 0.15) is 44.8 Å². The summed E-state index contributed by atoms with van der Waals surface area (Å²) in [6.07, 6.45) is 3.31. The van der Waals surface area contributed by atoms with Crippen LogP contribution in [0.4, 0.5) is 5.69 Å². The molecule has 1 saturated heterocycles. The van der Waals surface area contributed by atoms with Gasteiger partial charge in [-0.3, -0.25) is 4.90 Å². The Hall–Kier alpha value is -1.06. The minimum absolute atomic E-state index is 0.412. The Labute approximate surface area is 116 Å². The minimum Gasteiger partial charge on any atom is -0.399 e. The second kappa shape index (κ2) is 5.93. The summed E-state index contributed by atoms with van der Waals surface area (Å²) in [6.45, 7) is 7.51. The SMILES string of the molecule is CCC1(CC)CCN(CC(O)c2ccc(N)cc2)C1. The average Bonchev–Trinajstić information content (AvgIpc) is 2.83. The van der Waals surface area contributed by atoms with Gasteiger partial charge in [0.15, 0.2) is 0 Å². The summed E-state index contributed by atoms with van der Waals surface area (Å²) in [5, 5.41) is 10.3. The molecule has 0 bridgehead atoms. The Morgan fingerprint density at radius 2 is 1.89 bits per heavy atom. The van der Waals surface area contributed by atoms with Gasteiger partial charge in [-0.1, -0.05) is 26.0 Å². The first kappa shape index (κ1) is 14.4. The number of aliphatic hydroxyl groups is 1. The number of hydrogen-bond acceptors (Lipinski definition) is 3. The van der Waals surface area contributed by atoms with E-state index in [1.165, 1.54) is 19.3 Å². The molecule has 1 fully saturated rings. The molecule has 1 atom stereocenters. The molecule has 0 aliphatic carbocycles. The molecule has 1 unspecified atom stereocenters. The van der Waals surface area contributed by atoms with Crippen molar-refractivity contribution in [3.63, 3.8) is 0 Å². The molecule has 1 aliphatic heterocycles. The molecule has 0 aromatic heterocycles. The predicted octanol–water partition coefficient (Wildman–Crippen LogP) is 2.81. The van der Waals surface area contributed by atoms with Gasteiger partial charge in [0, 0.05) is 18.8 Å². The normalized spacial score (nSPS) is 20.6. The molecule has 1 heterocycles. The lowest BCUT2D eigenvalue weighted by molar-refractivity contribution is 0.117. The van der Waals surface area contributed by atoms with Crippen LogP contribution < -0.4 is 5.73 Å². The number of likely N-dealkylation sites (tertiary alicyclic amines) is 1. The third-order valence-electron chi connectivity index (χ3n) is 4.77. The smallest absolute Gasteiger partial charge is 0.0916 e. The number of nitrogens with zero attached hydrogens (tertiary/aromatic N) is 1. The Morgan fingerprint density at radius 1 is 1.26 bits per heavy atom. The number of β-amino-alcohol motifs (C(OH)–C–C–N with tert-alkyl or cyclic N) is 1. The minimum atomic E-state index is -0.412. The maximum absolute atomic E-state index is 10.3. The number of hydrogen-bond donors (Lipinski definition) is 2. The van der Waals surface area contributed by atoms with Gasteiger partial charge in [-0.2, -0.15) is 0 Å². The van der Waals surface area contributed by atoms with E-state index in [1.54, 1.807) is 0 Å². The van der Waals surface area contributed by atoms with E-state index < -0.39 is 6.10 Å². The van der Waals surface area contributed by atoms with Gasteiger partial charge in [0.2, 0.25) is 0 Å². The van der Waals surface area contributed by atoms with Crippen LogP contribution in [0.2, 0.25) is 0 Å². The Balaban J connectivity index is 1.93. The Kier molecular flexibility index (Phi) is 4.48. The molecular formula is C16H26N2O. The highest BCUT2D eigenvalue weighted by Crippen LogP contribution is 2.37. The number of anilines is 1. The maximum atomic E-state index is 10.3. The van der Waals surface area contributed by atoms with Crippen LogP contribution in [-0.4, -0.2) is 29.6 Å². The second-order valence-corrected chi connectivity index (χ2v) is 5.87. The summed E-state index contributed by atoms with van der Waals surface area (Å²) in [5.74, 6) is 0. The molecular weight excluding hydrogens is 236 g/mol. The van der Waals surface area contributed by atoms with Gasteiger partial charge in [-0.05, 0) is 48.9 Å². The lowest BCUT2D eigenvalue weighted by Gasteiger charge is -2.27. The van der Waals surface area contributed by atoms with Crippen LogP contribution in [0.3, 0.4) is 0 Å². The highest BCUT2D eigenvalue weighted by molar-refractivity contribution is 5.39. The highest BCUT2D eigenvalue weighted by atomic mass is 16.3. The van der Waals surface area contributed by atoms with E-state index in [-0.39, 0.29) is 0 Å². The molecule has 0 saturated carbocycles. The van der Waals surface area contributed by atoms with Crippen LogP contribution in [0, 0.1) is 5.41 Å². The van der Waals surface area contributed by atoms with Crippen molar-refractivity contribution in [1.82, 2.24) is 4.90 Å². The van der Waals surface area contributed by atoms with E-state index in [0.717, 1.165) is 30.9 Å².